The average molecular weight is 388 g/mol. The fraction of sp³-hybridized carbons (Fsp3) is 0.556. The molecule has 0 unspecified atom stereocenters. The summed E-state index contributed by atoms with van der Waals surface area (Å²) in [6.07, 6.45) is -1.59. The van der Waals surface area contributed by atoms with Gasteiger partial charge in [0.1, 0.15) is 6.61 Å². The van der Waals surface area contributed by atoms with Gasteiger partial charge in [-0.3, -0.25) is 4.79 Å². The Kier molecular flexibility index (Phi) is 7.46. The van der Waals surface area contributed by atoms with Crippen LogP contribution in [0.3, 0.4) is 0 Å². The Bertz CT molecular complexity index is 658. The predicted molar refractivity (Wildman–Crippen MR) is 93.6 cm³/mol. The van der Waals surface area contributed by atoms with E-state index in [1.54, 1.807) is 6.92 Å². The molecule has 1 aromatic rings. The van der Waals surface area contributed by atoms with Gasteiger partial charge in [-0.2, -0.15) is 13.2 Å². The maximum Gasteiger partial charge on any atom is 0.416 e. The second kappa shape index (κ2) is 9.59. The van der Waals surface area contributed by atoms with Gasteiger partial charge in [0.2, 0.25) is 0 Å². The topological polar surface area (TPSA) is 67.9 Å². The molecule has 0 bridgehead atoms. The van der Waals surface area contributed by atoms with Crippen LogP contribution in [0.25, 0.3) is 0 Å². The van der Waals surface area contributed by atoms with Crippen molar-refractivity contribution in [3.63, 3.8) is 0 Å². The van der Waals surface area contributed by atoms with Gasteiger partial charge >= 0.3 is 12.1 Å². The molecule has 1 fully saturated rings. The molecule has 0 aliphatic carbocycles. The van der Waals surface area contributed by atoms with E-state index in [1.807, 2.05) is 4.90 Å². The Labute approximate surface area is 155 Å². The normalized spacial score (nSPS) is 14.7. The zero-order valence-corrected chi connectivity index (χ0v) is 15.1. The summed E-state index contributed by atoms with van der Waals surface area (Å²) in [5.74, 6) is -1.43. The molecule has 1 aliphatic rings. The number of hydrogen-bond acceptors (Lipinski definition) is 5. The minimum atomic E-state index is -4.52. The number of piperidine rings is 1. The van der Waals surface area contributed by atoms with Crippen LogP contribution in [-0.4, -0.2) is 44.8 Å². The molecule has 0 spiro atoms. The van der Waals surface area contributed by atoms with Gasteiger partial charge in [-0.05, 0) is 44.4 Å². The minimum Gasteiger partial charge on any atom is -0.454 e. The van der Waals surface area contributed by atoms with Gasteiger partial charge in [-0.15, -0.1) is 0 Å². The maximum absolute atomic E-state index is 13.0. The molecule has 1 N–H and O–H groups in total. The standard InChI is InChI=1S/C18H23F3N2O4/c1-2-26-12-17(25)27-11-16(24)22-14-10-13(18(19,20)21)6-7-15(14)23-8-4-3-5-9-23/h6-7,10H,2-5,8-9,11-12H2,1H3,(H,22,24). The van der Waals surface area contributed by atoms with Crippen molar-refractivity contribution in [2.75, 3.05) is 43.1 Å². The summed E-state index contributed by atoms with van der Waals surface area (Å²) in [5, 5.41) is 2.43. The van der Waals surface area contributed by atoms with Gasteiger partial charge in [0.15, 0.2) is 6.61 Å². The molecule has 1 heterocycles. The molecule has 150 valence electrons. The largest absolute Gasteiger partial charge is 0.454 e. The van der Waals surface area contributed by atoms with E-state index >= 15 is 0 Å². The number of esters is 1. The van der Waals surface area contributed by atoms with Crippen molar-refractivity contribution in [1.82, 2.24) is 0 Å². The number of carbonyl (C=O) groups is 2. The smallest absolute Gasteiger partial charge is 0.416 e. The van der Waals surface area contributed by atoms with Crippen LogP contribution in [0.5, 0.6) is 0 Å². The number of rotatable bonds is 7. The van der Waals surface area contributed by atoms with Gasteiger partial charge in [-0.1, -0.05) is 0 Å². The zero-order valence-electron chi connectivity index (χ0n) is 15.1. The quantitative estimate of drug-likeness (QED) is 0.727. The number of amides is 1. The molecule has 0 radical (unpaired) electrons. The lowest BCUT2D eigenvalue weighted by Crippen LogP contribution is -2.31. The van der Waals surface area contributed by atoms with Crippen molar-refractivity contribution in [2.45, 2.75) is 32.4 Å². The molecule has 2 rings (SSSR count). The van der Waals surface area contributed by atoms with E-state index in [0.29, 0.717) is 25.4 Å². The Hall–Kier alpha value is -2.29. The highest BCUT2D eigenvalue weighted by atomic mass is 19.4. The minimum absolute atomic E-state index is 0.0533. The summed E-state index contributed by atoms with van der Waals surface area (Å²) in [4.78, 5) is 25.4. The summed E-state index contributed by atoms with van der Waals surface area (Å²) in [5.41, 5.74) is -0.277. The molecule has 0 saturated carbocycles. The Morgan fingerprint density at radius 1 is 1.15 bits per heavy atom. The summed E-state index contributed by atoms with van der Waals surface area (Å²) < 4.78 is 48.7. The summed E-state index contributed by atoms with van der Waals surface area (Å²) >= 11 is 0. The fourth-order valence-corrected chi connectivity index (χ4v) is 2.78. The first-order valence-electron chi connectivity index (χ1n) is 8.80. The molecule has 0 atom stereocenters. The van der Waals surface area contributed by atoms with Crippen LogP contribution in [0.4, 0.5) is 24.5 Å². The van der Waals surface area contributed by atoms with E-state index in [-0.39, 0.29) is 12.3 Å². The van der Waals surface area contributed by atoms with Crippen LogP contribution < -0.4 is 10.2 Å². The van der Waals surface area contributed by atoms with Crippen molar-refractivity contribution in [1.29, 1.82) is 0 Å². The predicted octanol–water partition coefficient (Wildman–Crippen LogP) is 3.21. The third-order valence-corrected chi connectivity index (χ3v) is 4.08. The maximum atomic E-state index is 13.0. The number of alkyl halides is 3. The highest BCUT2D eigenvalue weighted by Gasteiger charge is 2.32. The summed E-state index contributed by atoms with van der Waals surface area (Å²) in [6, 6.07) is 3.27. The van der Waals surface area contributed by atoms with Gasteiger partial charge in [-0.25, -0.2) is 4.79 Å². The molecule has 6 nitrogen and oxygen atoms in total. The third-order valence-electron chi connectivity index (χ3n) is 4.08. The van der Waals surface area contributed by atoms with E-state index in [0.717, 1.165) is 31.4 Å². The van der Waals surface area contributed by atoms with Gasteiger partial charge < -0.3 is 19.7 Å². The third kappa shape index (κ3) is 6.42. The van der Waals surface area contributed by atoms with Crippen molar-refractivity contribution in [3.05, 3.63) is 23.8 Å². The first-order valence-corrected chi connectivity index (χ1v) is 8.80. The summed E-state index contributed by atoms with van der Waals surface area (Å²) in [6.45, 7) is 2.56. The fourth-order valence-electron chi connectivity index (χ4n) is 2.78. The highest BCUT2D eigenvalue weighted by Crippen LogP contribution is 2.36. The lowest BCUT2D eigenvalue weighted by Gasteiger charge is -2.31. The lowest BCUT2D eigenvalue weighted by molar-refractivity contribution is -0.151. The number of hydrogen-bond donors (Lipinski definition) is 1. The zero-order chi connectivity index (χ0) is 19.9. The van der Waals surface area contributed by atoms with Gasteiger partial charge in [0.25, 0.3) is 5.91 Å². The number of halogens is 3. The second-order valence-electron chi connectivity index (χ2n) is 6.12. The molecule has 0 aromatic heterocycles. The molecule has 9 heteroatoms. The average Bonchev–Trinajstić information content (AvgIpc) is 2.64. The van der Waals surface area contributed by atoms with Crippen molar-refractivity contribution in [3.8, 4) is 0 Å². The van der Waals surface area contributed by atoms with Crippen LogP contribution in [-0.2, 0) is 25.2 Å². The molecular formula is C18H23F3N2O4. The SMILES string of the molecule is CCOCC(=O)OCC(=O)Nc1cc(C(F)(F)F)ccc1N1CCCCC1. The molecule has 1 aromatic carbocycles. The van der Waals surface area contributed by atoms with Crippen molar-refractivity contribution >= 4 is 23.3 Å². The van der Waals surface area contributed by atoms with E-state index in [2.05, 4.69) is 5.32 Å². The highest BCUT2D eigenvalue weighted by molar-refractivity contribution is 5.96. The van der Waals surface area contributed by atoms with Crippen LogP contribution in [0.2, 0.25) is 0 Å². The second-order valence-corrected chi connectivity index (χ2v) is 6.12. The number of nitrogens with one attached hydrogen (secondary N) is 1. The summed E-state index contributed by atoms with van der Waals surface area (Å²) in [7, 11) is 0. The van der Waals surface area contributed by atoms with Crippen LogP contribution in [0.15, 0.2) is 18.2 Å². The number of nitrogens with zero attached hydrogens (tertiary/aromatic N) is 1. The lowest BCUT2D eigenvalue weighted by atomic mass is 10.1. The Morgan fingerprint density at radius 3 is 2.48 bits per heavy atom. The first kappa shape index (κ1) is 21.0. The molecule has 1 amide bonds. The van der Waals surface area contributed by atoms with Crippen LogP contribution >= 0.6 is 0 Å². The number of carbonyl (C=O) groups excluding carboxylic acids is 2. The van der Waals surface area contributed by atoms with Crippen molar-refractivity contribution < 1.29 is 32.2 Å². The molecular weight excluding hydrogens is 365 g/mol. The van der Waals surface area contributed by atoms with Crippen molar-refractivity contribution in [2.24, 2.45) is 0 Å². The van der Waals surface area contributed by atoms with E-state index in [9.17, 15) is 22.8 Å². The Balaban J connectivity index is 2.11. The number of ether oxygens (including phenoxy) is 2. The van der Waals surface area contributed by atoms with Crippen LogP contribution in [0, 0.1) is 0 Å². The molecule has 1 aliphatic heterocycles. The first-order chi connectivity index (χ1) is 12.8. The van der Waals surface area contributed by atoms with Crippen LogP contribution in [0.1, 0.15) is 31.7 Å². The van der Waals surface area contributed by atoms with Gasteiger partial charge in [0.05, 0.1) is 16.9 Å². The molecule has 27 heavy (non-hydrogen) atoms. The van der Waals surface area contributed by atoms with E-state index in [1.165, 1.54) is 6.07 Å². The van der Waals surface area contributed by atoms with E-state index in [4.69, 9.17) is 9.47 Å². The number of anilines is 2. The van der Waals surface area contributed by atoms with E-state index < -0.39 is 30.2 Å². The van der Waals surface area contributed by atoms with Gasteiger partial charge in [0, 0.05) is 19.7 Å². The molecule has 1 saturated heterocycles. The monoisotopic (exact) mass is 388 g/mol. The Morgan fingerprint density at radius 2 is 1.85 bits per heavy atom. The number of benzene rings is 1.